The van der Waals surface area contributed by atoms with Gasteiger partial charge in [-0.1, -0.05) is 12.1 Å². The van der Waals surface area contributed by atoms with E-state index in [-0.39, 0.29) is 0 Å². The first-order valence-electron chi connectivity index (χ1n) is 6.01. The summed E-state index contributed by atoms with van der Waals surface area (Å²) >= 11 is 3.37. The van der Waals surface area contributed by atoms with Gasteiger partial charge in [-0.2, -0.15) is 0 Å². The zero-order valence-electron chi connectivity index (χ0n) is 10.2. The summed E-state index contributed by atoms with van der Waals surface area (Å²) in [5.41, 5.74) is 3.08. The van der Waals surface area contributed by atoms with Gasteiger partial charge >= 0.3 is 0 Å². The zero-order chi connectivity index (χ0) is 13.1. The molecule has 3 rings (SSSR count). The third-order valence-electron chi connectivity index (χ3n) is 2.85. The molecule has 0 atom stereocenters. The number of nitrogens with zero attached hydrogens (tertiary/aromatic N) is 2. The summed E-state index contributed by atoms with van der Waals surface area (Å²) in [5.74, 6) is 0. The number of anilines is 1. The molecule has 0 aliphatic rings. The number of hydrogen-bond donors (Lipinski definition) is 1. The van der Waals surface area contributed by atoms with E-state index in [1.165, 1.54) is 0 Å². The molecule has 94 valence electrons. The molecule has 0 spiro atoms. The predicted octanol–water partition coefficient (Wildman–Crippen LogP) is 4.00. The highest BCUT2D eigenvalue weighted by molar-refractivity contribution is 9.10. The van der Waals surface area contributed by atoms with Crippen LogP contribution >= 0.6 is 15.9 Å². The molecule has 0 radical (unpaired) electrons. The quantitative estimate of drug-likeness (QED) is 0.743. The van der Waals surface area contributed by atoms with E-state index in [0.717, 1.165) is 26.9 Å². The van der Waals surface area contributed by atoms with Crippen molar-refractivity contribution in [2.45, 2.75) is 6.54 Å². The Labute approximate surface area is 119 Å². The maximum atomic E-state index is 4.39. The van der Waals surface area contributed by atoms with Crippen molar-refractivity contribution in [2.75, 3.05) is 5.32 Å². The molecular formula is C15H12BrN3. The van der Waals surface area contributed by atoms with Crippen molar-refractivity contribution >= 4 is 32.5 Å². The molecule has 0 saturated heterocycles. The average molecular weight is 314 g/mol. The fourth-order valence-corrected chi connectivity index (χ4v) is 2.31. The fraction of sp³-hybridized carbons (Fsp3) is 0.0667. The average Bonchev–Trinajstić information content (AvgIpc) is 2.45. The highest BCUT2D eigenvalue weighted by atomic mass is 79.9. The van der Waals surface area contributed by atoms with Crippen LogP contribution in [0.1, 0.15) is 5.69 Å². The van der Waals surface area contributed by atoms with Gasteiger partial charge in [0, 0.05) is 17.3 Å². The molecule has 0 saturated carbocycles. The van der Waals surface area contributed by atoms with Gasteiger partial charge in [0.05, 0.1) is 17.8 Å². The number of nitrogens with one attached hydrogen (secondary N) is 1. The fourth-order valence-electron chi connectivity index (χ4n) is 1.93. The molecule has 2 aromatic heterocycles. The number of hydrogen-bond acceptors (Lipinski definition) is 3. The Balaban J connectivity index is 1.78. The van der Waals surface area contributed by atoms with Crippen molar-refractivity contribution in [3.63, 3.8) is 0 Å². The summed E-state index contributed by atoms with van der Waals surface area (Å²) in [6.07, 6.45) is 1.81. The molecule has 1 aromatic carbocycles. The van der Waals surface area contributed by atoms with Crippen LogP contribution in [0.5, 0.6) is 0 Å². The highest BCUT2D eigenvalue weighted by Crippen LogP contribution is 2.17. The van der Waals surface area contributed by atoms with E-state index in [1.807, 2.05) is 36.4 Å². The monoisotopic (exact) mass is 313 g/mol. The van der Waals surface area contributed by atoms with E-state index in [1.54, 1.807) is 6.20 Å². The topological polar surface area (TPSA) is 37.8 Å². The molecule has 0 aliphatic heterocycles. The number of fused-ring (bicyclic) bond motifs is 1. The SMILES string of the molecule is Brc1cccc(CNc2ccc3ncccc3c2)n1. The van der Waals surface area contributed by atoms with Crippen molar-refractivity contribution < 1.29 is 0 Å². The van der Waals surface area contributed by atoms with Gasteiger partial charge in [0.25, 0.3) is 0 Å². The van der Waals surface area contributed by atoms with Crippen LogP contribution in [0.2, 0.25) is 0 Å². The lowest BCUT2D eigenvalue weighted by molar-refractivity contribution is 1.03. The Morgan fingerprint density at radius 2 is 2.00 bits per heavy atom. The molecular weight excluding hydrogens is 302 g/mol. The molecule has 0 amide bonds. The Morgan fingerprint density at radius 1 is 1.05 bits per heavy atom. The molecule has 3 aromatic rings. The van der Waals surface area contributed by atoms with Crippen LogP contribution in [0.4, 0.5) is 5.69 Å². The van der Waals surface area contributed by atoms with E-state index in [0.29, 0.717) is 6.54 Å². The maximum Gasteiger partial charge on any atom is 0.106 e. The maximum absolute atomic E-state index is 4.39. The lowest BCUT2D eigenvalue weighted by Gasteiger charge is -2.07. The van der Waals surface area contributed by atoms with Gasteiger partial charge in [0.2, 0.25) is 0 Å². The minimum atomic E-state index is 0.700. The number of rotatable bonds is 3. The van der Waals surface area contributed by atoms with Gasteiger partial charge in [-0.3, -0.25) is 4.98 Å². The predicted molar refractivity (Wildman–Crippen MR) is 81.0 cm³/mol. The second-order valence-corrected chi connectivity index (χ2v) is 5.03. The summed E-state index contributed by atoms with van der Waals surface area (Å²) in [4.78, 5) is 8.70. The third-order valence-corrected chi connectivity index (χ3v) is 3.29. The van der Waals surface area contributed by atoms with Gasteiger partial charge in [-0.05, 0) is 52.3 Å². The molecule has 0 unspecified atom stereocenters. The van der Waals surface area contributed by atoms with Crippen LogP contribution < -0.4 is 5.32 Å². The van der Waals surface area contributed by atoms with Crippen molar-refractivity contribution in [3.8, 4) is 0 Å². The first kappa shape index (κ1) is 12.1. The van der Waals surface area contributed by atoms with E-state index in [9.17, 15) is 0 Å². The Bertz CT molecular complexity index is 712. The standard InChI is InChI=1S/C15H12BrN3/c16-15-5-1-4-13(19-15)10-18-12-6-7-14-11(9-12)3-2-8-17-14/h1-9,18H,10H2. The normalized spacial score (nSPS) is 10.6. The van der Waals surface area contributed by atoms with E-state index >= 15 is 0 Å². The first-order chi connectivity index (χ1) is 9.31. The summed E-state index contributed by atoms with van der Waals surface area (Å²) in [5, 5.41) is 4.50. The molecule has 19 heavy (non-hydrogen) atoms. The minimum Gasteiger partial charge on any atom is -0.379 e. The van der Waals surface area contributed by atoms with Gasteiger partial charge in [0.15, 0.2) is 0 Å². The number of benzene rings is 1. The lowest BCUT2D eigenvalue weighted by Crippen LogP contribution is -2.01. The molecule has 0 aliphatic carbocycles. The van der Waals surface area contributed by atoms with E-state index in [4.69, 9.17) is 0 Å². The van der Waals surface area contributed by atoms with Gasteiger partial charge in [-0.15, -0.1) is 0 Å². The second-order valence-electron chi connectivity index (χ2n) is 4.22. The van der Waals surface area contributed by atoms with Gasteiger partial charge in [-0.25, -0.2) is 4.98 Å². The number of pyridine rings is 2. The van der Waals surface area contributed by atoms with Crippen molar-refractivity contribution in [3.05, 3.63) is 65.0 Å². The van der Waals surface area contributed by atoms with Crippen LogP contribution in [0, 0.1) is 0 Å². The molecule has 3 nitrogen and oxygen atoms in total. The Hall–Kier alpha value is -1.94. The number of halogens is 1. The van der Waals surface area contributed by atoms with Crippen LogP contribution in [0.3, 0.4) is 0 Å². The Kier molecular flexibility index (Phi) is 3.42. The molecule has 0 bridgehead atoms. The summed E-state index contributed by atoms with van der Waals surface area (Å²) in [6, 6.07) is 16.1. The van der Waals surface area contributed by atoms with Crippen molar-refractivity contribution in [2.24, 2.45) is 0 Å². The molecule has 2 heterocycles. The summed E-state index contributed by atoms with van der Waals surface area (Å²) in [6.45, 7) is 0.700. The zero-order valence-corrected chi connectivity index (χ0v) is 11.8. The van der Waals surface area contributed by atoms with Gasteiger partial charge < -0.3 is 5.32 Å². The lowest BCUT2D eigenvalue weighted by atomic mass is 10.2. The second kappa shape index (κ2) is 5.36. The summed E-state index contributed by atoms with van der Waals surface area (Å²) in [7, 11) is 0. The van der Waals surface area contributed by atoms with E-state index < -0.39 is 0 Å². The smallest absolute Gasteiger partial charge is 0.106 e. The highest BCUT2D eigenvalue weighted by Gasteiger charge is 1.98. The van der Waals surface area contributed by atoms with Crippen molar-refractivity contribution in [1.82, 2.24) is 9.97 Å². The number of aromatic nitrogens is 2. The molecule has 0 fully saturated rings. The Morgan fingerprint density at radius 3 is 2.89 bits per heavy atom. The van der Waals surface area contributed by atoms with Crippen molar-refractivity contribution in [1.29, 1.82) is 0 Å². The first-order valence-corrected chi connectivity index (χ1v) is 6.81. The largest absolute Gasteiger partial charge is 0.379 e. The van der Waals surface area contributed by atoms with E-state index in [2.05, 4.69) is 43.3 Å². The van der Waals surface area contributed by atoms with Gasteiger partial charge in [0.1, 0.15) is 4.60 Å². The minimum absolute atomic E-state index is 0.700. The van der Waals surface area contributed by atoms with Crippen LogP contribution in [-0.4, -0.2) is 9.97 Å². The van der Waals surface area contributed by atoms with Crippen LogP contribution in [-0.2, 0) is 6.54 Å². The van der Waals surface area contributed by atoms with Crippen LogP contribution in [0.25, 0.3) is 10.9 Å². The third kappa shape index (κ3) is 2.90. The summed E-state index contributed by atoms with van der Waals surface area (Å²) < 4.78 is 0.856. The van der Waals surface area contributed by atoms with Crippen LogP contribution in [0.15, 0.2) is 59.3 Å². The molecule has 4 heteroatoms. The molecule has 1 N–H and O–H groups in total.